The van der Waals surface area contributed by atoms with E-state index < -0.39 is 5.97 Å². The maximum Gasteiger partial charge on any atom is 0.307 e. The van der Waals surface area contributed by atoms with Crippen molar-refractivity contribution in [2.24, 2.45) is 0 Å². The highest BCUT2D eigenvalue weighted by molar-refractivity contribution is 5.84. The van der Waals surface area contributed by atoms with Crippen molar-refractivity contribution < 1.29 is 9.90 Å². The van der Waals surface area contributed by atoms with Crippen LogP contribution in [-0.4, -0.2) is 31.7 Å². The van der Waals surface area contributed by atoms with E-state index in [1.807, 2.05) is 20.9 Å². The van der Waals surface area contributed by atoms with Crippen LogP contribution in [0.4, 0.5) is 11.4 Å². The van der Waals surface area contributed by atoms with Crippen molar-refractivity contribution in [1.29, 1.82) is 0 Å². The number of carbonyl (C=O) groups is 1. The van der Waals surface area contributed by atoms with Crippen molar-refractivity contribution in [2.75, 3.05) is 30.9 Å². The highest BCUT2D eigenvalue weighted by atomic mass is 16.4. The van der Waals surface area contributed by atoms with Crippen LogP contribution < -0.4 is 10.2 Å². The van der Waals surface area contributed by atoms with Crippen LogP contribution in [0.2, 0.25) is 0 Å². The molecule has 0 saturated heterocycles. The minimum Gasteiger partial charge on any atom is -0.481 e. The van der Waals surface area contributed by atoms with Crippen molar-refractivity contribution >= 4 is 17.3 Å². The Bertz CT molecular complexity index is 509. The van der Waals surface area contributed by atoms with E-state index in [1.165, 1.54) is 11.3 Å². The van der Waals surface area contributed by atoms with Crippen molar-refractivity contribution in [1.82, 2.24) is 0 Å². The summed E-state index contributed by atoms with van der Waals surface area (Å²) in [5.74, 6) is -0.769. The Balaban J connectivity index is 2.68. The minimum absolute atomic E-state index is 0.101. The molecule has 0 spiro atoms. The summed E-state index contributed by atoms with van der Waals surface area (Å²) >= 11 is 0. The number of carboxylic acid groups (broad SMARTS) is 1. The zero-order chi connectivity index (χ0) is 13.4. The number of nitrogens with one attached hydrogen (secondary N) is 1. The van der Waals surface area contributed by atoms with Gasteiger partial charge in [-0.1, -0.05) is 0 Å². The fourth-order valence-electron chi connectivity index (χ4n) is 2.96. The van der Waals surface area contributed by atoms with Gasteiger partial charge in [-0.25, -0.2) is 0 Å². The number of anilines is 2. The first-order valence-corrected chi connectivity index (χ1v) is 6.23. The SMILES string of the molecule is CNc1c(C)c(CC(=O)O)c(C)c2c1N(C)CC2. The summed E-state index contributed by atoms with van der Waals surface area (Å²) < 4.78 is 0. The van der Waals surface area contributed by atoms with Gasteiger partial charge >= 0.3 is 5.97 Å². The second-order valence-corrected chi connectivity index (χ2v) is 4.92. The number of nitrogens with zero attached hydrogens (tertiary/aromatic N) is 1. The molecule has 0 radical (unpaired) electrons. The second-order valence-electron chi connectivity index (χ2n) is 4.92. The van der Waals surface area contributed by atoms with E-state index >= 15 is 0 Å². The number of aliphatic carboxylic acids is 1. The molecule has 1 aromatic carbocycles. The van der Waals surface area contributed by atoms with Crippen LogP contribution in [0.15, 0.2) is 0 Å². The van der Waals surface area contributed by atoms with E-state index in [4.69, 9.17) is 5.11 Å². The van der Waals surface area contributed by atoms with Gasteiger partial charge in [-0.2, -0.15) is 0 Å². The van der Waals surface area contributed by atoms with Crippen LogP contribution in [0.3, 0.4) is 0 Å². The fraction of sp³-hybridized carbons (Fsp3) is 0.500. The molecule has 2 rings (SSSR count). The molecule has 4 nitrogen and oxygen atoms in total. The molecule has 98 valence electrons. The number of hydrogen-bond acceptors (Lipinski definition) is 3. The average Bonchev–Trinajstić information content (AvgIpc) is 2.68. The van der Waals surface area contributed by atoms with E-state index in [-0.39, 0.29) is 6.42 Å². The molecular formula is C14H20N2O2. The number of fused-ring (bicyclic) bond motifs is 1. The Morgan fingerprint density at radius 2 is 2.06 bits per heavy atom. The highest BCUT2D eigenvalue weighted by Crippen LogP contribution is 2.41. The summed E-state index contributed by atoms with van der Waals surface area (Å²) in [5, 5.41) is 12.3. The largest absolute Gasteiger partial charge is 0.481 e. The maximum absolute atomic E-state index is 11.0. The molecule has 0 bridgehead atoms. The van der Waals surface area contributed by atoms with Crippen molar-refractivity contribution in [3.8, 4) is 0 Å². The normalized spacial score (nSPS) is 13.7. The molecule has 0 aliphatic carbocycles. The Kier molecular flexibility index (Phi) is 3.20. The first-order valence-electron chi connectivity index (χ1n) is 6.23. The first kappa shape index (κ1) is 12.7. The van der Waals surface area contributed by atoms with Crippen molar-refractivity contribution in [3.05, 3.63) is 22.3 Å². The maximum atomic E-state index is 11.0. The standard InChI is InChI=1S/C14H20N2O2/c1-8-10-5-6-16(4)14(10)13(15-3)9(2)11(8)7-12(17)18/h15H,5-7H2,1-4H3,(H,17,18). The molecule has 1 aliphatic heterocycles. The van der Waals surface area contributed by atoms with Crippen LogP contribution in [0.25, 0.3) is 0 Å². The number of benzene rings is 1. The molecule has 0 fully saturated rings. The Hall–Kier alpha value is -1.71. The number of rotatable bonds is 3. The molecule has 1 aliphatic rings. The van der Waals surface area contributed by atoms with Gasteiger partial charge in [0.25, 0.3) is 0 Å². The summed E-state index contributed by atoms with van der Waals surface area (Å²) in [6.07, 6.45) is 1.10. The van der Waals surface area contributed by atoms with E-state index in [0.717, 1.165) is 35.3 Å². The second kappa shape index (κ2) is 4.52. The van der Waals surface area contributed by atoms with Gasteiger partial charge in [-0.05, 0) is 42.5 Å². The summed E-state index contributed by atoms with van der Waals surface area (Å²) in [6.45, 7) is 5.05. The van der Waals surface area contributed by atoms with Gasteiger partial charge in [-0.3, -0.25) is 4.79 Å². The van der Waals surface area contributed by atoms with Gasteiger partial charge < -0.3 is 15.3 Å². The summed E-state index contributed by atoms with van der Waals surface area (Å²) in [6, 6.07) is 0. The molecule has 2 N–H and O–H groups in total. The van der Waals surface area contributed by atoms with Crippen molar-refractivity contribution in [3.63, 3.8) is 0 Å². The van der Waals surface area contributed by atoms with Gasteiger partial charge in [-0.15, -0.1) is 0 Å². The molecule has 4 heteroatoms. The number of hydrogen-bond donors (Lipinski definition) is 2. The molecule has 0 unspecified atom stereocenters. The third kappa shape index (κ3) is 1.82. The number of likely N-dealkylation sites (N-methyl/N-ethyl adjacent to an activating group) is 1. The minimum atomic E-state index is -0.769. The monoisotopic (exact) mass is 248 g/mol. The van der Waals surface area contributed by atoms with E-state index in [1.54, 1.807) is 0 Å². The van der Waals surface area contributed by atoms with Crippen LogP contribution >= 0.6 is 0 Å². The lowest BCUT2D eigenvalue weighted by molar-refractivity contribution is -0.136. The molecular weight excluding hydrogens is 228 g/mol. The molecule has 1 aromatic rings. The van der Waals surface area contributed by atoms with Gasteiger partial charge in [0.2, 0.25) is 0 Å². The van der Waals surface area contributed by atoms with Crippen LogP contribution in [0.1, 0.15) is 22.3 Å². The summed E-state index contributed by atoms with van der Waals surface area (Å²) in [5.41, 5.74) is 6.77. The molecule has 0 amide bonds. The molecule has 0 aromatic heterocycles. The van der Waals surface area contributed by atoms with Crippen molar-refractivity contribution in [2.45, 2.75) is 26.7 Å². The van der Waals surface area contributed by atoms with Crippen LogP contribution in [-0.2, 0) is 17.6 Å². The lowest BCUT2D eigenvalue weighted by Gasteiger charge is -2.22. The summed E-state index contributed by atoms with van der Waals surface area (Å²) in [7, 11) is 3.98. The number of carboxylic acids is 1. The average molecular weight is 248 g/mol. The first-order chi connectivity index (χ1) is 8.47. The quantitative estimate of drug-likeness (QED) is 0.858. The molecule has 18 heavy (non-hydrogen) atoms. The van der Waals surface area contributed by atoms with E-state index in [2.05, 4.69) is 17.3 Å². The third-order valence-electron chi connectivity index (χ3n) is 3.91. The summed E-state index contributed by atoms with van der Waals surface area (Å²) in [4.78, 5) is 13.2. The predicted molar refractivity (Wildman–Crippen MR) is 73.8 cm³/mol. The van der Waals surface area contributed by atoms with E-state index in [9.17, 15) is 4.79 Å². The topological polar surface area (TPSA) is 52.6 Å². The van der Waals surface area contributed by atoms with Crippen LogP contribution in [0.5, 0.6) is 0 Å². The zero-order valence-electron chi connectivity index (χ0n) is 11.4. The molecule has 1 heterocycles. The smallest absolute Gasteiger partial charge is 0.307 e. The van der Waals surface area contributed by atoms with Gasteiger partial charge in [0, 0.05) is 20.6 Å². The molecule has 0 atom stereocenters. The molecule has 0 saturated carbocycles. The van der Waals surface area contributed by atoms with Gasteiger partial charge in [0.1, 0.15) is 0 Å². The Morgan fingerprint density at radius 3 is 2.61 bits per heavy atom. The Labute approximate surface area is 108 Å². The van der Waals surface area contributed by atoms with Crippen LogP contribution in [0, 0.1) is 13.8 Å². The highest BCUT2D eigenvalue weighted by Gasteiger charge is 2.26. The predicted octanol–water partition coefficient (Wildman–Crippen LogP) is 1.96. The van der Waals surface area contributed by atoms with E-state index in [0.29, 0.717) is 0 Å². The lowest BCUT2D eigenvalue weighted by Crippen LogP contribution is -2.15. The third-order valence-corrected chi connectivity index (χ3v) is 3.91. The zero-order valence-corrected chi connectivity index (χ0v) is 11.4. The fourth-order valence-corrected chi connectivity index (χ4v) is 2.96. The lowest BCUT2D eigenvalue weighted by atomic mass is 9.92. The Morgan fingerprint density at radius 1 is 1.39 bits per heavy atom. The van der Waals surface area contributed by atoms with Gasteiger partial charge in [0.15, 0.2) is 0 Å². The van der Waals surface area contributed by atoms with Gasteiger partial charge in [0.05, 0.1) is 17.8 Å².